The van der Waals surface area contributed by atoms with Crippen LogP contribution in [0.15, 0.2) is 23.8 Å². The van der Waals surface area contributed by atoms with Crippen LogP contribution in [0.3, 0.4) is 0 Å². The quantitative estimate of drug-likeness (QED) is 0.543. The predicted molar refractivity (Wildman–Crippen MR) is 80.6 cm³/mol. The molecular weight excluding hydrogens is 220 g/mol. The second-order valence-electron chi connectivity index (χ2n) is 5.94. The van der Waals surface area contributed by atoms with Crippen molar-refractivity contribution in [2.45, 2.75) is 60.8 Å². The van der Waals surface area contributed by atoms with E-state index in [1.807, 2.05) is 32.9 Å². The van der Waals surface area contributed by atoms with Gasteiger partial charge in [-0.05, 0) is 38.5 Å². The van der Waals surface area contributed by atoms with E-state index in [0.717, 1.165) is 12.3 Å². The Bertz CT molecular complexity index is 297. The predicted octanol–water partition coefficient (Wildman–Crippen LogP) is 5.18. The molecule has 0 rings (SSSR count). The molecule has 0 saturated heterocycles. The van der Waals surface area contributed by atoms with Crippen molar-refractivity contribution < 1.29 is 4.79 Å². The summed E-state index contributed by atoms with van der Waals surface area (Å²) >= 11 is 0. The molecule has 0 bridgehead atoms. The zero-order valence-electron chi connectivity index (χ0n) is 13.0. The SMILES string of the molecule is CC=CC(C)=CC(C)C(=O)CCC(C)CC(C)C. The van der Waals surface area contributed by atoms with Gasteiger partial charge in [-0.3, -0.25) is 4.79 Å². The second-order valence-corrected chi connectivity index (χ2v) is 5.94. The topological polar surface area (TPSA) is 17.1 Å². The van der Waals surface area contributed by atoms with Crippen LogP contribution in [-0.2, 0) is 4.79 Å². The van der Waals surface area contributed by atoms with Crippen molar-refractivity contribution in [2.24, 2.45) is 17.8 Å². The molecule has 0 aliphatic carbocycles. The minimum absolute atomic E-state index is 0.0486. The van der Waals surface area contributed by atoms with Gasteiger partial charge in [0, 0.05) is 12.3 Å². The van der Waals surface area contributed by atoms with Crippen LogP contribution in [0.2, 0.25) is 0 Å². The molecule has 18 heavy (non-hydrogen) atoms. The van der Waals surface area contributed by atoms with E-state index in [-0.39, 0.29) is 5.92 Å². The van der Waals surface area contributed by atoms with E-state index >= 15 is 0 Å². The zero-order valence-corrected chi connectivity index (χ0v) is 13.0. The van der Waals surface area contributed by atoms with E-state index in [1.165, 1.54) is 12.0 Å². The third-order valence-electron chi connectivity index (χ3n) is 3.21. The molecule has 0 aromatic heterocycles. The van der Waals surface area contributed by atoms with Crippen LogP contribution in [0.4, 0.5) is 0 Å². The largest absolute Gasteiger partial charge is 0.299 e. The second kappa shape index (κ2) is 9.13. The molecule has 0 aromatic rings. The van der Waals surface area contributed by atoms with E-state index in [2.05, 4.69) is 26.8 Å². The number of hydrogen-bond acceptors (Lipinski definition) is 1. The zero-order chi connectivity index (χ0) is 14.1. The summed E-state index contributed by atoms with van der Waals surface area (Å²) in [4.78, 5) is 12.0. The Morgan fingerprint density at radius 3 is 2.28 bits per heavy atom. The van der Waals surface area contributed by atoms with Gasteiger partial charge in [0.2, 0.25) is 0 Å². The summed E-state index contributed by atoms with van der Waals surface area (Å²) in [6, 6.07) is 0. The van der Waals surface area contributed by atoms with Gasteiger partial charge >= 0.3 is 0 Å². The smallest absolute Gasteiger partial charge is 0.139 e. The molecule has 0 fully saturated rings. The standard InChI is InChI=1S/C17H30O/c1-7-8-14(4)12-16(6)17(18)10-9-15(5)11-13(2)3/h7-8,12-13,15-16H,9-11H2,1-6H3. The number of ketones is 1. The van der Waals surface area contributed by atoms with Crippen LogP contribution in [0.25, 0.3) is 0 Å². The first-order valence-electron chi connectivity index (χ1n) is 7.20. The fourth-order valence-corrected chi connectivity index (χ4v) is 2.34. The Morgan fingerprint density at radius 2 is 1.78 bits per heavy atom. The maximum absolute atomic E-state index is 12.0. The van der Waals surface area contributed by atoms with Crippen LogP contribution in [0.5, 0.6) is 0 Å². The Kier molecular flexibility index (Phi) is 8.70. The van der Waals surface area contributed by atoms with E-state index in [1.54, 1.807) is 0 Å². The lowest BCUT2D eigenvalue weighted by molar-refractivity contribution is -0.121. The fraction of sp³-hybridized carbons (Fsp3) is 0.706. The molecule has 0 saturated carbocycles. The number of carbonyl (C=O) groups excluding carboxylic acids is 1. The van der Waals surface area contributed by atoms with Crippen LogP contribution >= 0.6 is 0 Å². The summed E-state index contributed by atoms with van der Waals surface area (Å²) in [5.41, 5.74) is 1.17. The Balaban J connectivity index is 4.13. The van der Waals surface area contributed by atoms with Crippen molar-refractivity contribution in [3.8, 4) is 0 Å². The van der Waals surface area contributed by atoms with Gasteiger partial charge in [0.25, 0.3) is 0 Å². The molecule has 2 atom stereocenters. The van der Waals surface area contributed by atoms with Gasteiger partial charge in [-0.2, -0.15) is 0 Å². The van der Waals surface area contributed by atoms with E-state index in [9.17, 15) is 4.79 Å². The molecule has 2 unspecified atom stereocenters. The van der Waals surface area contributed by atoms with Crippen LogP contribution < -0.4 is 0 Å². The number of Topliss-reactive ketones (excluding diaryl/α,β-unsaturated/α-hetero) is 1. The van der Waals surface area contributed by atoms with E-state index in [4.69, 9.17) is 0 Å². The minimum atomic E-state index is 0.0486. The third kappa shape index (κ3) is 8.27. The highest BCUT2D eigenvalue weighted by Gasteiger charge is 2.13. The number of allylic oxidation sites excluding steroid dienone is 4. The Labute approximate surface area is 113 Å². The van der Waals surface area contributed by atoms with Crippen molar-refractivity contribution in [1.82, 2.24) is 0 Å². The fourth-order valence-electron chi connectivity index (χ4n) is 2.34. The van der Waals surface area contributed by atoms with Gasteiger partial charge in [0.05, 0.1) is 0 Å². The molecule has 1 nitrogen and oxygen atoms in total. The summed E-state index contributed by atoms with van der Waals surface area (Å²) in [5.74, 6) is 1.80. The lowest BCUT2D eigenvalue weighted by Crippen LogP contribution is -2.11. The number of hydrogen-bond donors (Lipinski definition) is 0. The van der Waals surface area contributed by atoms with Crippen LogP contribution in [0.1, 0.15) is 60.8 Å². The monoisotopic (exact) mass is 250 g/mol. The Hall–Kier alpha value is -0.850. The third-order valence-corrected chi connectivity index (χ3v) is 3.21. The van der Waals surface area contributed by atoms with Crippen molar-refractivity contribution in [1.29, 1.82) is 0 Å². The summed E-state index contributed by atoms with van der Waals surface area (Å²) in [6.07, 6.45) is 9.08. The highest BCUT2D eigenvalue weighted by Crippen LogP contribution is 2.18. The van der Waals surface area contributed by atoms with Gasteiger partial charge < -0.3 is 0 Å². The first-order chi connectivity index (χ1) is 8.36. The molecule has 0 spiro atoms. The molecule has 0 N–H and O–H groups in total. The van der Waals surface area contributed by atoms with Crippen LogP contribution in [-0.4, -0.2) is 5.78 Å². The van der Waals surface area contributed by atoms with Gasteiger partial charge in [0.1, 0.15) is 5.78 Å². The number of carbonyl (C=O) groups is 1. The summed E-state index contributed by atoms with van der Waals surface area (Å²) in [7, 11) is 0. The lowest BCUT2D eigenvalue weighted by Gasteiger charge is -2.14. The number of rotatable bonds is 8. The van der Waals surface area contributed by atoms with Crippen LogP contribution in [0, 0.1) is 17.8 Å². The maximum Gasteiger partial charge on any atom is 0.139 e. The van der Waals surface area contributed by atoms with Gasteiger partial charge in [0.15, 0.2) is 0 Å². The van der Waals surface area contributed by atoms with Gasteiger partial charge in [-0.15, -0.1) is 0 Å². The molecule has 0 heterocycles. The average Bonchev–Trinajstić information content (AvgIpc) is 2.25. The minimum Gasteiger partial charge on any atom is -0.299 e. The van der Waals surface area contributed by atoms with Gasteiger partial charge in [-0.1, -0.05) is 51.5 Å². The average molecular weight is 250 g/mol. The first kappa shape index (κ1) is 17.2. The molecule has 0 amide bonds. The normalized spacial score (nSPS) is 16.3. The van der Waals surface area contributed by atoms with Gasteiger partial charge in [-0.25, -0.2) is 0 Å². The van der Waals surface area contributed by atoms with Crippen molar-refractivity contribution in [3.63, 3.8) is 0 Å². The molecule has 0 aliphatic rings. The summed E-state index contributed by atoms with van der Waals surface area (Å²) < 4.78 is 0. The van der Waals surface area contributed by atoms with E-state index < -0.39 is 0 Å². The Morgan fingerprint density at radius 1 is 1.17 bits per heavy atom. The maximum atomic E-state index is 12.0. The highest BCUT2D eigenvalue weighted by atomic mass is 16.1. The summed E-state index contributed by atoms with van der Waals surface area (Å²) in [5, 5.41) is 0. The van der Waals surface area contributed by atoms with Crippen molar-refractivity contribution in [2.75, 3.05) is 0 Å². The first-order valence-corrected chi connectivity index (χ1v) is 7.20. The van der Waals surface area contributed by atoms with Crippen molar-refractivity contribution >= 4 is 5.78 Å². The lowest BCUT2D eigenvalue weighted by atomic mass is 9.91. The molecule has 0 radical (unpaired) electrons. The van der Waals surface area contributed by atoms with Crippen molar-refractivity contribution in [3.05, 3.63) is 23.8 Å². The molecule has 1 heteroatoms. The molecule has 0 aromatic carbocycles. The highest BCUT2D eigenvalue weighted by molar-refractivity contribution is 5.82. The molecular formula is C17H30O. The molecule has 0 aliphatic heterocycles. The van der Waals surface area contributed by atoms with E-state index in [0.29, 0.717) is 18.1 Å². The molecule has 104 valence electrons. The summed E-state index contributed by atoms with van der Waals surface area (Å²) in [6.45, 7) is 12.8.